The van der Waals surface area contributed by atoms with Gasteiger partial charge in [-0.15, -0.1) is 0 Å². The zero-order chi connectivity index (χ0) is 13.8. The van der Waals surface area contributed by atoms with E-state index in [4.69, 9.17) is 4.74 Å². The summed E-state index contributed by atoms with van der Waals surface area (Å²) < 4.78 is 6.96. The molecule has 2 aromatic rings. The second kappa shape index (κ2) is 6.21. The Morgan fingerprint density at radius 1 is 1.16 bits per heavy atom. The summed E-state index contributed by atoms with van der Waals surface area (Å²) in [7, 11) is 1.58. The molecule has 5 heteroatoms. The summed E-state index contributed by atoms with van der Waals surface area (Å²) in [5, 5.41) is 9.76. The number of benzene rings is 2. The summed E-state index contributed by atoms with van der Waals surface area (Å²) in [6.45, 7) is 0. The number of hydrogen-bond donors (Lipinski definition) is 1. The fraction of sp³-hybridized carbons (Fsp3) is 0.0714. The van der Waals surface area contributed by atoms with Gasteiger partial charge in [-0.2, -0.15) is 0 Å². The van der Waals surface area contributed by atoms with Crippen LogP contribution in [0.4, 0.5) is 5.69 Å². The van der Waals surface area contributed by atoms with Crippen molar-refractivity contribution in [2.45, 2.75) is 0 Å². The third kappa shape index (κ3) is 3.58. The molecule has 0 aliphatic carbocycles. The molecular weight excluding hydrogens is 374 g/mol. The average molecular weight is 385 g/mol. The molecule has 2 rings (SSSR count). The fourth-order valence-electron chi connectivity index (χ4n) is 1.49. The first-order valence-corrected chi connectivity index (χ1v) is 7.05. The minimum absolute atomic E-state index is 0.165. The molecule has 19 heavy (non-hydrogen) atoms. The molecule has 0 aliphatic rings. The number of rotatable bonds is 3. The second-order valence-electron chi connectivity index (χ2n) is 3.78. The van der Waals surface area contributed by atoms with Gasteiger partial charge < -0.3 is 9.84 Å². The van der Waals surface area contributed by atoms with E-state index in [1.54, 1.807) is 31.5 Å². The number of methoxy groups -OCH3 is 1. The highest BCUT2D eigenvalue weighted by atomic mass is 79.9. The maximum Gasteiger partial charge on any atom is 0.124 e. The summed E-state index contributed by atoms with van der Waals surface area (Å²) in [5.41, 5.74) is 1.39. The fourth-order valence-corrected chi connectivity index (χ4v) is 2.64. The van der Waals surface area contributed by atoms with E-state index >= 15 is 0 Å². The molecule has 0 aliphatic heterocycles. The van der Waals surface area contributed by atoms with Gasteiger partial charge in [0.25, 0.3) is 0 Å². The van der Waals surface area contributed by atoms with Crippen molar-refractivity contribution in [3.8, 4) is 11.5 Å². The van der Waals surface area contributed by atoms with Crippen LogP contribution in [0.5, 0.6) is 11.5 Å². The molecule has 98 valence electrons. The van der Waals surface area contributed by atoms with Crippen LogP contribution in [0.1, 0.15) is 5.56 Å². The van der Waals surface area contributed by atoms with E-state index < -0.39 is 0 Å². The van der Waals surface area contributed by atoms with Crippen molar-refractivity contribution in [1.29, 1.82) is 0 Å². The highest BCUT2D eigenvalue weighted by molar-refractivity contribution is 9.11. The van der Waals surface area contributed by atoms with E-state index in [0.29, 0.717) is 11.3 Å². The topological polar surface area (TPSA) is 41.8 Å². The number of phenols is 1. The standard InChI is InChI=1S/C14H11Br2NO2/c1-19-11-3-5-14(18)9(6-11)8-17-13-4-2-10(15)7-12(13)16/h2-8,18H,1H3. The highest BCUT2D eigenvalue weighted by Crippen LogP contribution is 2.29. The molecule has 0 saturated carbocycles. The van der Waals surface area contributed by atoms with Gasteiger partial charge in [-0.1, -0.05) is 15.9 Å². The van der Waals surface area contributed by atoms with Crippen molar-refractivity contribution >= 4 is 43.8 Å². The van der Waals surface area contributed by atoms with E-state index in [2.05, 4.69) is 36.9 Å². The Bertz CT molecular complexity index is 627. The summed E-state index contributed by atoms with van der Waals surface area (Å²) in [4.78, 5) is 4.35. The molecule has 0 heterocycles. The van der Waals surface area contributed by atoms with Gasteiger partial charge in [0, 0.05) is 20.7 Å². The van der Waals surface area contributed by atoms with Gasteiger partial charge >= 0.3 is 0 Å². The van der Waals surface area contributed by atoms with Crippen molar-refractivity contribution < 1.29 is 9.84 Å². The zero-order valence-corrected chi connectivity index (χ0v) is 13.3. The molecule has 0 amide bonds. The normalized spacial score (nSPS) is 10.9. The van der Waals surface area contributed by atoms with Crippen LogP contribution in [0, 0.1) is 0 Å². The molecule has 1 N–H and O–H groups in total. The Balaban J connectivity index is 2.32. The van der Waals surface area contributed by atoms with Crippen LogP contribution in [0.3, 0.4) is 0 Å². The predicted octanol–water partition coefficient (Wildman–Crippen LogP) is 4.68. The van der Waals surface area contributed by atoms with Gasteiger partial charge in [-0.25, -0.2) is 0 Å². The Labute approximate surface area is 128 Å². The first kappa shape index (κ1) is 14.1. The number of aliphatic imine (C=N–C) groups is 1. The monoisotopic (exact) mass is 383 g/mol. The second-order valence-corrected chi connectivity index (χ2v) is 5.55. The smallest absolute Gasteiger partial charge is 0.124 e. The van der Waals surface area contributed by atoms with Gasteiger partial charge in [-0.05, 0) is 52.3 Å². The van der Waals surface area contributed by atoms with Crippen LogP contribution >= 0.6 is 31.9 Å². The largest absolute Gasteiger partial charge is 0.507 e. The van der Waals surface area contributed by atoms with Crippen molar-refractivity contribution in [3.63, 3.8) is 0 Å². The van der Waals surface area contributed by atoms with Gasteiger partial charge in [0.05, 0.1) is 12.8 Å². The van der Waals surface area contributed by atoms with Gasteiger partial charge in [0.15, 0.2) is 0 Å². The summed E-state index contributed by atoms with van der Waals surface area (Å²) in [6.07, 6.45) is 1.60. The Morgan fingerprint density at radius 3 is 2.63 bits per heavy atom. The first-order chi connectivity index (χ1) is 9.10. The molecule has 0 bridgehead atoms. The van der Waals surface area contributed by atoms with Crippen molar-refractivity contribution in [1.82, 2.24) is 0 Å². The average Bonchev–Trinajstić information content (AvgIpc) is 2.39. The van der Waals surface area contributed by atoms with E-state index in [9.17, 15) is 5.11 Å². The molecule has 0 radical (unpaired) electrons. The predicted molar refractivity (Wildman–Crippen MR) is 83.8 cm³/mol. The Morgan fingerprint density at radius 2 is 1.95 bits per heavy atom. The lowest BCUT2D eigenvalue weighted by molar-refractivity contribution is 0.412. The van der Waals surface area contributed by atoms with Crippen molar-refractivity contribution in [2.75, 3.05) is 7.11 Å². The first-order valence-electron chi connectivity index (χ1n) is 5.46. The number of ether oxygens (including phenoxy) is 1. The van der Waals surface area contributed by atoms with Crippen LogP contribution in [0.15, 0.2) is 50.3 Å². The molecule has 3 nitrogen and oxygen atoms in total. The molecule has 0 aromatic heterocycles. The third-order valence-corrected chi connectivity index (χ3v) is 3.62. The van der Waals surface area contributed by atoms with Crippen molar-refractivity contribution in [3.05, 3.63) is 50.9 Å². The number of halogens is 2. The van der Waals surface area contributed by atoms with Crippen LogP contribution in [-0.4, -0.2) is 18.4 Å². The summed E-state index contributed by atoms with van der Waals surface area (Å²) >= 11 is 6.82. The Kier molecular flexibility index (Phi) is 4.61. The number of nitrogens with zero attached hydrogens (tertiary/aromatic N) is 1. The van der Waals surface area contributed by atoms with E-state index in [0.717, 1.165) is 14.6 Å². The lowest BCUT2D eigenvalue weighted by atomic mass is 10.2. The van der Waals surface area contributed by atoms with Crippen LogP contribution in [0.25, 0.3) is 0 Å². The molecule has 0 unspecified atom stereocenters. The lowest BCUT2D eigenvalue weighted by Crippen LogP contribution is -1.87. The maximum atomic E-state index is 9.76. The van der Waals surface area contributed by atoms with Gasteiger partial charge in [0.2, 0.25) is 0 Å². The zero-order valence-electron chi connectivity index (χ0n) is 10.1. The molecule has 0 spiro atoms. The third-order valence-electron chi connectivity index (χ3n) is 2.49. The minimum Gasteiger partial charge on any atom is -0.507 e. The molecule has 0 saturated heterocycles. The summed E-state index contributed by atoms with van der Waals surface area (Å²) in [5.74, 6) is 0.840. The van der Waals surface area contributed by atoms with Crippen LogP contribution < -0.4 is 4.74 Å². The molecule has 2 aromatic carbocycles. The quantitative estimate of drug-likeness (QED) is 0.780. The number of aromatic hydroxyl groups is 1. The van der Waals surface area contributed by atoms with Crippen LogP contribution in [-0.2, 0) is 0 Å². The summed E-state index contributed by atoms with van der Waals surface area (Å²) in [6, 6.07) is 10.7. The van der Waals surface area contributed by atoms with E-state index in [1.807, 2.05) is 18.2 Å². The maximum absolute atomic E-state index is 9.76. The van der Waals surface area contributed by atoms with Gasteiger partial charge in [0.1, 0.15) is 11.5 Å². The molecule has 0 fully saturated rings. The molecular formula is C14H11Br2NO2. The molecule has 0 atom stereocenters. The van der Waals surface area contributed by atoms with Crippen molar-refractivity contribution in [2.24, 2.45) is 4.99 Å². The lowest BCUT2D eigenvalue weighted by Gasteiger charge is -2.03. The van der Waals surface area contributed by atoms with E-state index in [-0.39, 0.29) is 5.75 Å². The minimum atomic E-state index is 0.165. The van der Waals surface area contributed by atoms with Crippen LogP contribution in [0.2, 0.25) is 0 Å². The Hall–Kier alpha value is -1.33. The van der Waals surface area contributed by atoms with E-state index in [1.165, 1.54) is 0 Å². The number of phenolic OH excluding ortho intramolecular Hbond substituents is 1. The SMILES string of the molecule is COc1ccc(O)c(C=Nc2ccc(Br)cc2Br)c1. The van der Waals surface area contributed by atoms with Gasteiger partial charge in [-0.3, -0.25) is 4.99 Å². The highest BCUT2D eigenvalue weighted by Gasteiger charge is 2.02. The number of hydrogen-bond acceptors (Lipinski definition) is 3.